The largest absolute Gasteiger partial charge is 0.396 e. The Morgan fingerprint density at radius 3 is 2.32 bits per heavy atom. The van der Waals surface area contributed by atoms with Crippen molar-refractivity contribution in [2.45, 2.75) is 44.9 Å². The van der Waals surface area contributed by atoms with Crippen molar-refractivity contribution >= 4 is 10.1 Å². The van der Waals surface area contributed by atoms with E-state index in [0.717, 1.165) is 18.4 Å². The lowest BCUT2D eigenvalue weighted by atomic mass is 9.74. The minimum absolute atomic E-state index is 0.0335. The Kier molecular flexibility index (Phi) is 5.30. The second-order valence-corrected chi connectivity index (χ2v) is 8.47. The van der Waals surface area contributed by atoms with Gasteiger partial charge in [-0.15, -0.1) is 0 Å². The van der Waals surface area contributed by atoms with Gasteiger partial charge in [0.2, 0.25) is 0 Å². The lowest BCUT2D eigenvalue weighted by Gasteiger charge is -2.32. The predicted molar refractivity (Wildman–Crippen MR) is 86.0 cm³/mol. The van der Waals surface area contributed by atoms with Gasteiger partial charge in [0.25, 0.3) is 10.1 Å². The number of rotatable bonds is 6. The lowest BCUT2D eigenvalue weighted by Crippen LogP contribution is -2.28. The highest BCUT2D eigenvalue weighted by molar-refractivity contribution is 7.86. The normalized spacial score (nSPS) is 24.5. The molecular weight excluding hydrogens is 300 g/mol. The van der Waals surface area contributed by atoms with E-state index in [2.05, 4.69) is 13.8 Å². The van der Waals surface area contributed by atoms with Crippen LogP contribution in [0.5, 0.6) is 0 Å². The molecule has 1 aliphatic rings. The second kappa shape index (κ2) is 6.69. The smallest absolute Gasteiger partial charge is 0.296 e. The van der Waals surface area contributed by atoms with Crippen LogP contribution in [-0.4, -0.2) is 26.7 Å². The zero-order valence-corrected chi connectivity index (χ0v) is 14.4. The maximum Gasteiger partial charge on any atom is 0.296 e. The molecule has 1 fully saturated rings. The van der Waals surface area contributed by atoms with Gasteiger partial charge >= 0.3 is 0 Å². The van der Waals surface area contributed by atoms with Crippen LogP contribution in [0.1, 0.15) is 38.7 Å². The highest BCUT2D eigenvalue weighted by Gasteiger charge is 2.42. The van der Waals surface area contributed by atoms with E-state index in [4.69, 9.17) is 4.18 Å². The van der Waals surface area contributed by atoms with Gasteiger partial charge in [-0.25, -0.2) is 0 Å². The Bertz CT molecular complexity index is 590. The van der Waals surface area contributed by atoms with E-state index in [1.165, 1.54) is 0 Å². The van der Waals surface area contributed by atoms with Gasteiger partial charge in [0, 0.05) is 6.61 Å². The summed E-state index contributed by atoms with van der Waals surface area (Å²) in [6, 6.07) is 6.68. The molecule has 0 heterocycles. The van der Waals surface area contributed by atoms with Crippen molar-refractivity contribution in [2.24, 2.45) is 17.3 Å². The molecule has 4 nitrogen and oxygen atoms in total. The number of aliphatic hydroxyl groups is 1. The van der Waals surface area contributed by atoms with Crippen molar-refractivity contribution in [3.63, 3.8) is 0 Å². The van der Waals surface area contributed by atoms with E-state index in [0.29, 0.717) is 18.3 Å². The third-order valence-electron chi connectivity index (χ3n) is 5.20. The molecule has 1 unspecified atom stereocenters. The molecule has 124 valence electrons. The number of aliphatic hydroxyl groups excluding tert-OH is 1. The van der Waals surface area contributed by atoms with Crippen molar-refractivity contribution in [3.05, 3.63) is 29.8 Å². The average Bonchev–Trinajstić information content (AvgIpc) is 2.74. The first-order chi connectivity index (χ1) is 10.3. The molecule has 0 bridgehead atoms. The van der Waals surface area contributed by atoms with Crippen LogP contribution >= 0.6 is 0 Å². The van der Waals surface area contributed by atoms with Crippen LogP contribution in [0.4, 0.5) is 0 Å². The molecule has 0 amide bonds. The first-order valence-corrected chi connectivity index (χ1v) is 9.25. The van der Waals surface area contributed by atoms with Gasteiger partial charge < -0.3 is 5.11 Å². The quantitative estimate of drug-likeness (QED) is 0.816. The summed E-state index contributed by atoms with van der Waals surface area (Å²) < 4.78 is 29.5. The molecule has 1 aromatic carbocycles. The summed E-state index contributed by atoms with van der Waals surface area (Å²) in [6.07, 6.45) is 2.72. The summed E-state index contributed by atoms with van der Waals surface area (Å²) in [5, 5.41) is 9.42. The van der Waals surface area contributed by atoms with E-state index in [1.807, 2.05) is 6.92 Å². The van der Waals surface area contributed by atoms with Gasteiger partial charge in [0.05, 0.1) is 11.5 Å². The first-order valence-electron chi connectivity index (χ1n) is 7.84. The van der Waals surface area contributed by atoms with Gasteiger partial charge in [0.1, 0.15) is 0 Å². The van der Waals surface area contributed by atoms with E-state index in [9.17, 15) is 13.5 Å². The maximum atomic E-state index is 12.1. The van der Waals surface area contributed by atoms with Crippen molar-refractivity contribution < 1.29 is 17.7 Å². The zero-order chi connectivity index (χ0) is 16.4. The van der Waals surface area contributed by atoms with E-state index in [1.54, 1.807) is 24.3 Å². The highest BCUT2D eigenvalue weighted by Crippen LogP contribution is 2.48. The van der Waals surface area contributed by atoms with Crippen molar-refractivity contribution in [2.75, 3.05) is 13.2 Å². The first kappa shape index (κ1) is 17.4. The van der Waals surface area contributed by atoms with Crippen molar-refractivity contribution in [1.29, 1.82) is 0 Å². The molecule has 22 heavy (non-hydrogen) atoms. The summed E-state index contributed by atoms with van der Waals surface area (Å²) in [5.74, 6) is 0.684. The van der Waals surface area contributed by atoms with Crippen molar-refractivity contribution in [3.8, 4) is 0 Å². The summed E-state index contributed by atoms with van der Waals surface area (Å²) in [4.78, 5) is 0.206. The Morgan fingerprint density at radius 1 is 1.18 bits per heavy atom. The maximum absolute atomic E-state index is 12.1. The van der Waals surface area contributed by atoms with Crippen LogP contribution in [0.25, 0.3) is 0 Å². The summed E-state index contributed by atoms with van der Waals surface area (Å²) in [7, 11) is -3.67. The van der Waals surface area contributed by atoms with Gasteiger partial charge in [-0.2, -0.15) is 8.42 Å². The number of hydrogen-bond donors (Lipinski definition) is 1. The monoisotopic (exact) mass is 326 g/mol. The van der Waals surface area contributed by atoms with Crippen LogP contribution in [0, 0.1) is 24.2 Å². The molecule has 1 N–H and O–H groups in total. The fourth-order valence-electron chi connectivity index (χ4n) is 3.40. The van der Waals surface area contributed by atoms with Crippen LogP contribution in [-0.2, 0) is 14.3 Å². The third kappa shape index (κ3) is 3.70. The molecule has 0 spiro atoms. The standard InChI is InChI=1S/C17H26O4S/c1-13-4-8-16(9-5-13)22(19,20)21-11-10-14-6-7-15(12-18)17(14,2)3/h4-5,8-9,14-15,18H,6-7,10-12H2,1-3H3/t14-,15?/m1/s1. The Hall–Kier alpha value is -0.910. The number of benzene rings is 1. The molecule has 0 radical (unpaired) electrons. The summed E-state index contributed by atoms with van der Waals surface area (Å²) >= 11 is 0. The average molecular weight is 326 g/mol. The molecule has 2 rings (SSSR count). The van der Waals surface area contributed by atoms with E-state index in [-0.39, 0.29) is 23.5 Å². The molecule has 5 heteroatoms. The molecule has 0 saturated heterocycles. The second-order valence-electron chi connectivity index (χ2n) is 6.85. The fourth-order valence-corrected chi connectivity index (χ4v) is 4.32. The van der Waals surface area contributed by atoms with Crippen LogP contribution in [0.3, 0.4) is 0 Å². The molecule has 1 aromatic rings. The molecular formula is C17H26O4S. The summed E-state index contributed by atoms with van der Waals surface area (Å²) in [5.41, 5.74) is 1.05. The minimum atomic E-state index is -3.67. The predicted octanol–water partition coefficient (Wildman–Crippen LogP) is 3.14. The number of aryl methyl sites for hydroxylation is 1. The zero-order valence-electron chi connectivity index (χ0n) is 13.6. The van der Waals surface area contributed by atoms with Crippen LogP contribution in [0.15, 0.2) is 29.2 Å². The van der Waals surface area contributed by atoms with E-state index < -0.39 is 10.1 Å². The number of hydrogen-bond acceptors (Lipinski definition) is 4. The molecule has 0 aliphatic heterocycles. The fraction of sp³-hybridized carbons (Fsp3) is 0.647. The van der Waals surface area contributed by atoms with Crippen LogP contribution < -0.4 is 0 Å². The van der Waals surface area contributed by atoms with Gasteiger partial charge in [-0.3, -0.25) is 4.18 Å². The minimum Gasteiger partial charge on any atom is -0.396 e. The molecule has 2 atom stereocenters. The van der Waals surface area contributed by atoms with Gasteiger partial charge in [0.15, 0.2) is 0 Å². The molecule has 1 aliphatic carbocycles. The van der Waals surface area contributed by atoms with Crippen LogP contribution in [0.2, 0.25) is 0 Å². The highest BCUT2D eigenvalue weighted by atomic mass is 32.2. The van der Waals surface area contributed by atoms with Gasteiger partial charge in [-0.05, 0) is 55.6 Å². The summed E-state index contributed by atoms with van der Waals surface area (Å²) in [6.45, 7) is 6.62. The van der Waals surface area contributed by atoms with Gasteiger partial charge in [-0.1, -0.05) is 31.5 Å². The third-order valence-corrected chi connectivity index (χ3v) is 6.53. The Labute approximate surface area is 133 Å². The molecule has 1 saturated carbocycles. The SMILES string of the molecule is Cc1ccc(S(=O)(=O)OCC[C@H]2CCC(CO)C2(C)C)cc1. The van der Waals surface area contributed by atoms with E-state index >= 15 is 0 Å². The lowest BCUT2D eigenvalue weighted by molar-refractivity contribution is 0.103. The van der Waals surface area contributed by atoms with Crippen molar-refractivity contribution in [1.82, 2.24) is 0 Å². The topological polar surface area (TPSA) is 63.6 Å². The molecule has 0 aromatic heterocycles. The Balaban J connectivity index is 1.92. The Morgan fingerprint density at radius 2 is 1.77 bits per heavy atom.